The van der Waals surface area contributed by atoms with Crippen LogP contribution < -0.4 is 20.9 Å². The summed E-state index contributed by atoms with van der Waals surface area (Å²) in [4.78, 5) is 17.1. The Bertz CT molecular complexity index is 955. The molecule has 0 bridgehead atoms. The highest BCUT2D eigenvalue weighted by Crippen LogP contribution is 2.08. The Hall–Kier alpha value is -1.99. The van der Waals surface area contributed by atoms with Crippen molar-refractivity contribution < 1.29 is 0 Å². The van der Waals surface area contributed by atoms with Crippen LogP contribution in [0.1, 0.15) is 18.7 Å². The van der Waals surface area contributed by atoms with E-state index in [1.807, 2.05) is 31.4 Å². The number of hydrogen-bond acceptors (Lipinski definition) is 5. The first-order valence-corrected chi connectivity index (χ1v) is 7.65. The molecule has 1 aromatic rings. The summed E-state index contributed by atoms with van der Waals surface area (Å²) in [6.45, 7) is 3.95. The molecule has 0 amide bonds. The molecule has 2 aliphatic heterocycles. The van der Waals surface area contributed by atoms with Crippen LogP contribution in [-0.2, 0) is 0 Å². The Balaban J connectivity index is 2.42. The average Bonchev–Trinajstić information content (AvgIpc) is 3.03. The van der Waals surface area contributed by atoms with E-state index in [0.29, 0.717) is 10.4 Å². The molecular formula is C13H12N4OS2. The Kier molecular flexibility index (Phi) is 3.15. The molecule has 5 nitrogen and oxygen atoms in total. The number of hydrogen-bond donors (Lipinski definition) is 2. The van der Waals surface area contributed by atoms with Gasteiger partial charge in [-0.25, -0.2) is 4.68 Å². The van der Waals surface area contributed by atoms with Crippen LogP contribution in [0.2, 0.25) is 0 Å². The van der Waals surface area contributed by atoms with Crippen LogP contribution in [-0.4, -0.2) is 14.8 Å². The lowest BCUT2D eigenvalue weighted by Gasteiger charge is -1.98. The third kappa shape index (κ3) is 2.14. The van der Waals surface area contributed by atoms with Crippen LogP contribution in [0, 0.1) is 5.41 Å². The number of aromatic amines is 1. The minimum absolute atomic E-state index is 0.136. The van der Waals surface area contributed by atoms with Crippen molar-refractivity contribution in [3.8, 4) is 5.13 Å². The van der Waals surface area contributed by atoms with E-state index in [1.54, 1.807) is 10.8 Å². The van der Waals surface area contributed by atoms with Crippen molar-refractivity contribution in [1.82, 2.24) is 14.8 Å². The summed E-state index contributed by atoms with van der Waals surface area (Å²) in [6.07, 6.45) is 1.71. The third-order valence-electron chi connectivity index (χ3n) is 2.79. The van der Waals surface area contributed by atoms with Gasteiger partial charge >= 0.3 is 0 Å². The molecule has 0 radical (unpaired) electrons. The van der Waals surface area contributed by atoms with Crippen LogP contribution in [0.25, 0.3) is 16.8 Å². The molecule has 2 aliphatic rings. The largest absolute Gasteiger partial charge is 0.283 e. The van der Waals surface area contributed by atoms with Gasteiger partial charge in [-0.15, -0.1) is 11.3 Å². The fraction of sp³-hybridized carbons (Fsp3) is 0.154. The summed E-state index contributed by atoms with van der Waals surface area (Å²) in [5.74, 6) is 0. The molecule has 20 heavy (non-hydrogen) atoms. The molecule has 0 atom stereocenters. The van der Waals surface area contributed by atoms with Gasteiger partial charge < -0.3 is 0 Å². The number of H-pyrrole nitrogens is 1. The Morgan fingerprint density at radius 1 is 1.50 bits per heavy atom. The van der Waals surface area contributed by atoms with E-state index in [2.05, 4.69) is 10.1 Å². The van der Waals surface area contributed by atoms with Crippen LogP contribution >= 0.6 is 22.7 Å². The molecule has 3 heterocycles. The van der Waals surface area contributed by atoms with E-state index < -0.39 is 0 Å². The van der Waals surface area contributed by atoms with Crippen LogP contribution in [0.4, 0.5) is 0 Å². The molecule has 2 N–H and O–H groups in total. The first-order valence-electron chi connectivity index (χ1n) is 5.95. The van der Waals surface area contributed by atoms with Gasteiger partial charge in [-0.2, -0.15) is 4.98 Å². The summed E-state index contributed by atoms with van der Waals surface area (Å²) < 4.78 is 2.46. The molecule has 0 unspecified atom stereocenters. The first-order chi connectivity index (χ1) is 9.56. The maximum Gasteiger partial charge on any atom is 0.283 e. The highest BCUT2D eigenvalue weighted by Gasteiger charge is 2.10. The van der Waals surface area contributed by atoms with Crippen molar-refractivity contribution >= 4 is 34.3 Å². The minimum atomic E-state index is -0.362. The van der Waals surface area contributed by atoms with Crippen molar-refractivity contribution in [2.24, 2.45) is 0 Å². The van der Waals surface area contributed by atoms with Crippen LogP contribution in [0.5, 0.6) is 0 Å². The van der Waals surface area contributed by atoms with Crippen LogP contribution in [0.3, 0.4) is 0 Å². The predicted molar refractivity (Wildman–Crippen MR) is 81.0 cm³/mol. The average molecular weight is 304 g/mol. The Morgan fingerprint density at radius 3 is 2.95 bits per heavy atom. The second-order valence-corrected chi connectivity index (χ2v) is 6.46. The van der Waals surface area contributed by atoms with Gasteiger partial charge in [0.15, 0.2) is 5.49 Å². The molecule has 7 heteroatoms. The summed E-state index contributed by atoms with van der Waals surface area (Å²) in [7, 11) is 0. The Morgan fingerprint density at radius 2 is 2.30 bits per heavy atom. The number of nitrogens with zero attached hydrogens (tertiary/aromatic N) is 2. The monoisotopic (exact) mass is 304 g/mol. The molecule has 0 saturated heterocycles. The second kappa shape index (κ2) is 4.84. The van der Waals surface area contributed by atoms with E-state index in [-0.39, 0.29) is 11.0 Å². The molecule has 0 aliphatic carbocycles. The van der Waals surface area contributed by atoms with Gasteiger partial charge in [-0.3, -0.25) is 15.3 Å². The highest BCUT2D eigenvalue weighted by molar-refractivity contribution is 7.11. The maximum absolute atomic E-state index is 12.1. The van der Waals surface area contributed by atoms with Gasteiger partial charge in [0.05, 0.1) is 5.22 Å². The fourth-order valence-corrected chi connectivity index (χ4v) is 3.30. The first kappa shape index (κ1) is 13.0. The van der Waals surface area contributed by atoms with Gasteiger partial charge in [0.25, 0.3) is 5.56 Å². The number of nitrogens with one attached hydrogen (secondary N) is 2. The summed E-state index contributed by atoms with van der Waals surface area (Å²) >= 11 is 2.90. The van der Waals surface area contributed by atoms with Crippen molar-refractivity contribution in [3.05, 3.63) is 48.1 Å². The van der Waals surface area contributed by atoms with E-state index in [9.17, 15) is 4.79 Å². The lowest BCUT2D eigenvalue weighted by molar-refractivity contribution is 0.749. The summed E-state index contributed by atoms with van der Waals surface area (Å²) in [5, 5.41) is 14.1. The van der Waals surface area contributed by atoms with Gasteiger partial charge in [-0.1, -0.05) is 17.4 Å². The lowest BCUT2D eigenvalue weighted by Crippen LogP contribution is -2.47. The van der Waals surface area contributed by atoms with E-state index in [1.165, 1.54) is 22.7 Å². The van der Waals surface area contributed by atoms with Gasteiger partial charge in [-0.05, 0) is 36.9 Å². The number of thiophene rings is 1. The normalized spacial score (nSPS) is 12.2. The zero-order chi connectivity index (χ0) is 14.3. The molecule has 0 aromatic carbocycles. The number of fused-ring (bicyclic) bond motifs is 1. The van der Waals surface area contributed by atoms with Gasteiger partial charge in [0.1, 0.15) is 4.66 Å². The van der Waals surface area contributed by atoms with Gasteiger partial charge in [0, 0.05) is 4.88 Å². The maximum atomic E-state index is 12.1. The SMILES string of the molecule is CC(C)=c1[nH]n2c(=N)c(=Cc3cccs3)c(=O)nc-2s1. The van der Waals surface area contributed by atoms with E-state index >= 15 is 0 Å². The summed E-state index contributed by atoms with van der Waals surface area (Å²) in [5.41, 5.74) is 0.868. The predicted octanol–water partition coefficient (Wildman–Crippen LogP) is 0.620. The molecule has 102 valence electrons. The molecule has 0 saturated carbocycles. The van der Waals surface area contributed by atoms with E-state index in [4.69, 9.17) is 5.41 Å². The third-order valence-corrected chi connectivity index (χ3v) is 4.77. The van der Waals surface area contributed by atoms with Crippen molar-refractivity contribution in [2.75, 3.05) is 0 Å². The molecule has 3 rings (SSSR count). The Labute approximate surface area is 122 Å². The molecule has 1 aromatic heterocycles. The lowest BCUT2D eigenvalue weighted by atomic mass is 10.3. The van der Waals surface area contributed by atoms with E-state index in [0.717, 1.165) is 15.1 Å². The van der Waals surface area contributed by atoms with Crippen molar-refractivity contribution in [2.45, 2.75) is 13.8 Å². The molecule has 0 fully saturated rings. The fourth-order valence-electron chi connectivity index (χ4n) is 1.76. The standard InChI is InChI=1S/C13H12N4OS2/c1-7(2)12-16-17-10(14)9(6-8-4-3-5-19-8)11(18)15-13(17)20-12/h3-6,14,16H,1-2H3. The van der Waals surface area contributed by atoms with Crippen molar-refractivity contribution in [3.63, 3.8) is 0 Å². The second-order valence-electron chi connectivity index (χ2n) is 4.50. The summed E-state index contributed by atoms with van der Waals surface area (Å²) in [6, 6.07) is 3.82. The quantitative estimate of drug-likeness (QED) is 0.691. The van der Waals surface area contributed by atoms with Crippen LogP contribution in [0.15, 0.2) is 22.3 Å². The molecular weight excluding hydrogens is 292 g/mol. The topological polar surface area (TPSA) is 74.5 Å². The molecule has 0 spiro atoms. The highest BCUT2D eigenvalue weighted by atomic mass is 32.1. The number of rotatable bonds is 1. The zero-order valence-electron chi connectivity index (χ0n) is 10.9. The van der Waals surface area contributed by atoms with Crippen molar-refractivity contribution in [1.29, 1.82) is 5.41 Å². The minimum Gasteiger partial charge on any atom is -0.282 e. The number of aromatic nitrogens is 3. The van der Waals surface area contributed by atoms with Gasteiger partial charge in [0.2, 0.25) is 5.13 Å². The zero-order valence-corrected chi connectivity index (χ0v) is 12.6. The smallest absolute Gasteiger partial charge is 0.282 e.